The average molecular weight is 455 g/mol. The molecular weight excluding hydrogens is 438 g/mol. The molecule has 126 valence electrons. The van der Waals surface area contributed by atoms with Gasteiger partial charge < -0.3 is 10.5 Å². The number of hydrogen-bond donors (Lipinski definition) is 2. The number of ether oxygens (including phenoxy) is 1. The van der Waals surface area contributed by atoms with Crippen molar-refractivity contribution in [3.63, 3.8) is 0 Å². The second kappa shape index (κ2) is 8.30. The molecular formula is C17H17Br2N3O2. The maximum absolute atomic E-state index is 12.0. The normalized spacial score (nSPS) is 11.0. The summed E-state index contributed by atoms with van der Waals surface area (Å²) in [5, 5.41) is 3.97. The number of hydrazone groups is 1. The SMILES string of the molecule is CC(C)Oc1c(Br)cc(/C=N\NC(=O)c2cccc(N)c2)cc1Br. The number of amides is 1. The molecule has 0 saturated heterocycles. The number of anilines is 1. The van der Waals surface area contributed by atoms with Gasteiger partial charge in [-0.1, -0.05) is 6.07 Å². The van der Waals surface area contributed by atoms with Gasteiger partial charge in [-0.2, -0.15) is 5.10 Å². The lowest BCUT2D eigenvalue weighted by Crippen LogP contribution is -2.17. The number of nitrogens with zero attached hydrogens (tertiary/aromatic N) is 1. The smallest absolute Gasteiger partial charge is 0.271 e. The van der Waals surface area contributed by atoms with E-state index in [-0.39, 0.29) is 12.0 Å². The van der Waals surface area contributed by atoms with E-state index in [0.717, 1.165) is 20.3 Å². The van der Waals surface area contributed by atoms with Crippen LogP contribution in [0.2, 0.25) is 0 Å². The monoisotopic (exact) mass is 453 g/mol. The Bertz CT molecular complexity index is 753. The van der Waals surface area contributed by atoms with Crippen LogP contribution in [0.25, 0.3) is 0 Å². The van der Waals surface area contributed by atoms with Crippen molar-refractivity contribution in [2.75, 3.05) is 5.73 Å². The summed E-state index contributed by atoms with van der Waals surface area (Å²) in [6.07, 6.45) is 1.62. The van der Waals surface area contributed by atoms with E-state index in [1.165, 1.54) is 0 Å². The number of rotatable bonds is 5. The number of halogens is 2. The first-order valence-corrected chi connectivity index (χ1v) is 8.80. The first kappa shape index (κ1) is 18.5. The van der Waals surface area contributed by atoms with Crippen molar-refractivity contribution in [1.29, 1.82) is 0 Å². The van der Waals surface area contributed by atoms with Crippen LogP contribution in [0.1, 0.15) is 29.8 Å². The highest BCUT2D eigenvalue weighted by molar-refractivity contribution is 9.11. The standard InChI is InChI=1S/C17H17Br2N3O2/c1-10(2)24-16-14(18)6-11(7-15(16)19)9-21-22-17(23)12-4-3-5-13(20)8-12/h3-10H,20H2,1-2H3,(H,22,23)/b21-9-. The Morgan fingerprint density at radius 3 is 2.50 bits per heavy atom. The number of nitrogens with two attached hydrogens (primary N) is 1. The van der Waals surface area contributed by atoms with Crippen molar-refractivity contribution in [3.8, 4) is 5.75 Å². The highest BCUT2D eigenvalue weighted by atomic mass is 79.9. The van der Waals surface area contributed by atoms with E-state index in [1.54, 1.807) is 30.5 Å². The first-order chi connectivity index (χ1) is 11.4. The van der Waals surface area contributed by atoms with Crippen LogP contribution in [0.5, 0.6) is 5.75 Å². The van der Waals surface area contributed by atoms with Crippen LogP contribution in [0, 0.1) is 0 Å². The molecule has 2 aromatic rings. The fourth-order valence-electron chi connectivity index (χ4n) is 1.91. The fraction of sp³-hybridized carbons (Fsp3) is 0.176. The Hall–Kier alpha value is -1.86. The molecule has 2 aromatic carbocycles. The zero-order valence-electron chi connectivity index (χ0n) is 13.2. The Morgan fingerprint density at radius 1 is 1.25 bits per heavy atom. The van der Waals surface area contributed by atoms with Gasteiger partial charge in [-0.05, 0) is 81.6 Å². The lowest BCUT2D eigenvalue weighted by atomic mass is 10.2. The second-order valence-electron chi connectivity index (χ2n) is 5.30. The maximum atomic E-state index is 12.0. The average Bonchev–Trinajstić information content (AvgIpc) is 2.50. The van der Waals surface area contributed by atoms with Crippen LogP contribution in [0.4, 0.5) is 5.69 Å². The minimum atomic E-state index is -0.323. The number of nitrogens with one attached hydrogen (secondary N) is 1. The van der Waals surface area contributed by atoms with Gasteiger partial charge in [-0.3, -0.25) is 4.79 Å². The summed E-state index contributed by atoms with van der Waals surface area (Å²) in [7, 11) is 0. The van der Waals surface area contributed by atoms with Gasteiger partial charge in [0.1, 0.15) is 5.75 Å². The van der Waals surface area contributed by atoms with Crippen LogP contribution in [-0.2, 0) is 0 Å². The molecule has 0 fully saturated rings. The van der Waals surface area contributed by atoms with E-state index in [0.29, 0.717) is 11.3 Å². The van der Waals surface area contributed by atoms with Gasteiger partial charge in [0.25, 0.3) is 5.91 Å². The molecule has 1 amide bonds. The molecule has 0 aliphatic heterocycles. The summed E-state index contributed by atoms with van der Waals surface area (Å²) in [4.78, 5) is 12.0. The molecule has 24 heavy (non-hydrogen) atoms. The van der Waals surface area contributed by atoms with Crippen molar-refractivity contribution < 1.29 is 9.53 Å². The number of benzene rings is 2. The van der Waals surface area contributed by atoms with E-state index < -0.39 is 0 Å². The van der Waals surface area contributed by atoms with Gasteiger partial charge in [0, 0.05) is 11.3 Å². The predicted molar refractivity (Wildman–Crippen MR) is 104 cm³/mol. The highest BCUT2D eigenvalue weighted by Crippen LogP contribution is 2.35. The molecule has 0 saturated carbocycles. The Labute approximate surface area is 157 Å². The Kier molecular flexibility index (Phi) is 6.39. The van der Waals surface area contributed by atoms with Gasteiger partial charge >= 0.3 is 0 Å². The number of hydrogen-bond acceptors (Lipinski definition) is 4. The van der Waals surface area contributed by atoms with E-state index in [4.69, 9.17) is 10.5 Å². The Morgan fingerprint density at radius 2 is 1.92 bits per heavy atom. The summed E-state index contributed by atoms with van der Waals surface area (Å²) in [5.74, 6) is 0.405. The molecule has 5 nitrogen and oxygen atoms in total. The van der Waals surface area contributed by atoms with Gasteiger partial charge in [-0.15, -0.1) is 0 Å². The van der Waals surface area contributed by atoms with Crippen molar-refractivity contribution in [3.05, 3.63) is 56.5 Å². The Balaban J connectivity index is 2.08. The molecule has 0 aliphatic carbocycles. The maximum Gasteiger partial charge on any atom is 0.271 e. The molecule has 0 bridgehead atoms. The summed E-state index contributed by atoms with van der Waals surface area (Å²) in [6.45, 7) is 3.92. The molecule has 0 spiro atoms. The summed E-state index contributed by atoms with van der Waals surface area (Å²) in [5.41, 5.74) is 9.92. The lowest BCUT2D eigenvalue weighted by molar-refractivity contribution is 0.0955. The molecule has 0 aliphatic rings. The molecule has 0 unspecified atom stereocenters. The predicted octanol–water partition coefficient (Wildman–Crippen LogP) is 4.34. The molecule has 3 N–H and O–H groups in total. The zero-order chi connectivity index (χ0) is 17.7. The largest absolute Gasteiger partial charge is 0.489 e. The molecule has 0 radical (unpaired) electrons. The van der Waals surface area contributed by atoms with E-state index in [2.05, 4.69) is 42.4 Å². The third-order valence-corrected chi connectivity index (χ3v) is 4.08. The topological polar surface area (TPSA) is 76.7 Å². The number of nitrogen functional groups attached to an aromatic ring is 1. The van der Waals surface area contributed by atoms with E-state index >= 15 is 0 Å². The number of carbonyl (C=O) groups excluding carboxylic acids is 1. The third-order valence-electron chi connectivity index (χ3n) is 2.90. The zero-order valence-corrected chi connectivity index (χ0v) is 16.4. The van der Waals surface area contributed by atoms with Crippen molar-refractivity contribution >= 4 is 49.7 Å². The molecule has 0 aromatic heterocycles. The minimum absolute atomic E-state index is 0.0645. The van der Waals surface area contributed by atoms with Crippen LogP contribution in [0.15, 0.2) is 50.4 Å². The second-order valence-corrected chi connectivity index (χ2v) is 7.01. The summed E-state index contributed by atoms with van der Waals surface area (Å²) >= 11 is 6.95. The van der Waals surface area contributed by atoms with Gasteiger partial charge in [-0.25, -0.2) is 5.43 Å². The van der Waals surface area contributed by atoms with Crippen LogP contribution in [-0.4, -0.2) is 18.2 Å². The lowest BCUT2D eigenvalue weighted by Gasteiger charge is -2.13. The molecule has 7 heteroatoms. The van der Waals surface area contributed by atoms with Crippen LogP contribution < -0.4 is 15.9 Å². The fourth-order valence-corrected chi connectivity index (χ4v) is 3.32. The van der Waals surface area contributed by atoms with Crippen molar-refractivity contribution in [2.24, 2.45) is 5.10 Å². The summed E-state index contributed by atoms with van der Waals surface area (Å²) < 4.78 is 7.32. The minimum Gasteiger partial charge on any atom is -0.489 e. The van der Waals surface area contributed by atoms with Gasteiger partial charge in [0.15, 0.2) is 0 Å². The van der Waals surface area contributed by atoms with Crippen molar-refractivity contribution in [2.45, 2.75) is 20.0 Å². The molecule has 2 rings (SSSR count). The van der Waals surface area contributed by atoms with Gasteiger partial charge in [0.2, 0.25) is 0 Å². The van der Waals surface area contributed by atoms with E-state index in [1.807, 2.05) is 26.0 Å². The van der Waals surface area contributed by atoms with Crippen LogP contribution >= 0.6 is 31.9 Å². The third kappa shape index (κ3) is 5.07. The van der Waals surface area contributed by atoms with Crippen molar-refractivity contribution in [1.82, 2.24) is 5.43 Å². The molecule has 0 heterocycles. The molecule has 0 atom stereocenters. The summed E-state index contributed by atoms with van der Waals surface area (Å²) in [6, 6.07) is 10.4. The van der Waals surface area contributed by atoms with Gasteiger partial charge in [0.05, 0.1) is 21.3 Å². The first-order valence-electron chi connectivity index (χ1n) is 7.21. The quantitative estimate of drug-likeness (QED) is 0.400. The van der Waals surface area contributed by atoms with E-state index in [9.17, 15) is 4.79 Å². The van der Waals surface area contributed by atoms with Crippen LogP contribution in [0.3, 0.4) is 0 Å². The highest BCUT2D eigenvalue weighted by Gasteiger charge is 2.10. The number of carbonyl (C=O) groups is 1.